The van der Waals surface area contributed by atoms with Crippen LogP contribution in [-0.4, -0.2) is 18.3 Å². The molecule has 110 valence electrons. The van der Waals surface area contributed by atoms with E-state index in [1.807, 2.05) is 12.1 Å². The number of phenols is 1. The first kappa shape index (κ1) is 14.4. The highest BCUT2D eigenvalue weighted by atomic mass is 79.9. The fraction of sp³-hybridized carbons (Fsp3) is 0.200. The summed E-state index contributed by atoms with van der Waals surface area (Å²) >= 11 is 9.44. The van der Waals surface area contributed by atoms with Gasteiger partial charge >= 0.3 is 0 Å². The van der Waals surface area contributed by atoms with Gasteiger partial charge in [-0.25, -0.2) is 0 Å². The van der Waals surface area contributed by atoms with Crippen LogP contribution in [0.5, 0.6) is 17.2 Å². The summed E-state index contributed by atoms with van der Waals surface area (Å²) in [4.78, 5) is 0. The fourth-order valence-corrected chi connectivity index (χ4v) is 2.74. The van der Waals surface area contributed by atoms with Gasteiger partial charge in [-0.15, -0.1) is 0 Å². The number of hydrogen-bond donors (Lipinski definition) is 2. The van der Waals surface area contributed by atoms with Gasteiger partial charge in [0, 0.05) is 33.7 Å². The third-order valence-corrected chi connectivity index (χ3v) is 4.03. The number of anilines is 1. The largest absolute Gasteiger partial charge is 0.508 e. The second-order valence-corrected chi connectivity index (χ2v) is 5.89. The second-order valence-electron chi connectivity index (χ2n) is 4.60. The monoisotopic (exact) mass is 369 g/mol. The van der Waals surface area contributed by atoms with Crippen LogP contribution in [0.15, 0.2) is 34.8 Å². The van der Waals surface area contributed by atoms with Crippen LogP contribution in [0.1, 0.15) is 5.56 Å². The fourth-order valence-electron chi connectivity index (χ4n) is 2.09. The highest BCUT2D eigenvalue weighted by Crippen LogP contribution is 2.38. The molecule has 2 aromatic carbocycles. The van der Waals surface area contributed by atoms with Crippen molar-refractivity contribution >= 4 is 33.2 Å². The summed E-state index contributed by atoms with van der Waals surface area (Å²) in [7, 11) is 0. The van der Waals surface area contributed by atoms with E-state index in [4.69, 9.17) is 21.1 Å². The van der Waals surface area contributed by atoms with Gasteiger partial charge in [0.2, 0.25) is 0 Å². The van der Waals surface area contributed by atoms with E-state index in [0.29, 0.717) is 30.5 Å². The molecule has 6 heteroatoms. The summed E-state index contributed by atoms with van der Waals surface area (Å²) in [6.07, 6.45) is 0. The molecule has 0 saturated heterocycles. The normalized spacial score (nSPS) is 13.0. The van der Waals surface area contributed by atoms with Gasteiger partial charge in [0.25, 0.3) is 0 Å². The molecule has 0 amide bonds. The van der Waals surface area contributed by atoms with Gasteiger partial charge < -0.3 is 19.9 Å². The maximum atomic E-state index is 9.82. The van der Waals surface area contributed by atoms with E-state index in [-0.39, 0.29) is 5.75 Å². The molecule has 0 bridgehead atoms. The predicted octanol–water partition coefficient (Wildman–Crippen LogP) is 4.19. The van der Waals surface area contributed by atoms with E-state index >= 15 is 0 Å². The van der Waals surface area contributed by atoms with Crippen LogP contribution in [-0.2, 0) is 6.54 Å². The van der Waals surface area contributed by atoms with Gasteiger partial charge in [0.05, 0.1) is 5.69 Å². The Hall–Kier alpha value is -1.59. The molecule has 21 heavy (non-hydrogen) atoms. The molecule has 0 radical (unpaired) electrons. The first-order valence-corrected chi connectivity index (χ1v) is 7.61. The molecule has 0 atom stereocenters. The zero-order chi connectivity index (χ0) is 14.8. The van der Waals surface area contributed by atoms with E-state index in [9.17, 15) is 5.11 Å². The minimum Gasteiger partial charge on any atom is -0.508 e. The molecule has 0 aromatic heterocycles. The molecule has 1 aliphatic heterocycles. The van der Waals surface area contributed by atoms with Crippen LogP contribution >= 0.6 is 27.5 Å². The first-order valence-electron chi connectivity index (χ1n) is 6.44. The Morgan fingerprint density at radius 2 is 1.86 bits per heavy atom. The smallest absolute Gasteiger partial charge is 0.163 e. The van der Waals surface area contributed by atoms with Crippen LogP contribution in [0.2, 0.25) is 5.02 Å². The minimum absolute atomic E-state index is 0.209. The quantitative estimate of drug-likeness (QED) is 0.850. The molecule has 2 N–H and O–H groups in total. The number of aromatic hydroxyl groups is 1. The number of benzene rings is 2. The Kier molecular flexibility index (Phi) is 4.12. The minimum atomic E-state index is 0.209. The Bertz CT molecular complexity index is 678. The Morgan fingerprint density at radius 3 is 2.62 bits per heavy atom. The average molecular weight is 371 g/mol. The summed E-state index contributed by atoms with van der Waals surface area (Å²) in [5, 5.41) is 13.7. The van der Waals surface area contributed by atoms with Gasteiger partial charge in [0.1, 0.15) is 19.0 Å². The van der Waals surface area contributed by atoms with Crippen LogP contribution in [0, 0.1) is 0 Å². The lowest BCUT2D eigenvalue weighted by molar-refractivity contribution is 0.171. The lowest BCUT2D eigenvalue weighted by atomic mass is 10.2. The predicted molar refractivity (Wildman–Crippen MR) is 85.6 cm³/mol. The lowest BCUT2D eigenvalue weighted by Gasteiger charge is -2.20. The third-order valence-electron chi connectivity index (χ3n) is 3.14. The summed E-state index contributed by atoms with van der Waals surface area (Å²) in [5.41, 5.74) is 1.59. The zero-order valence-electron chi connectivity index (χ0n) is 11.0. The van der Waals surface area contributed by atoms with Crippen LogP contribution in [0.4, 0.5) is 5.69 Å². The van der Waals surface area contributed by atoms with E-state index in [1.165, 1.54) is 0 Å². The summed E-state index contributed by atoms with van der Waals surface area (Å²) in [6, 6.07) is 8.71. The number of nitrogens with one attached hydrogen (secondary N) is 1. The highest BCUT2D eigenvalue weighted by molar-refractivity contribution is 9.10. The molecule has 4 nitrogen and oxygen atoms in total. The Labute approximate surface area is 135 Å². The molecular weight excluding hydrogens is 358 g/mol. The molecular formula is C15H13BrClNO3. The van der Waals surface area contributed by atoms with E-state index in [1.54, 1.807) is 18.2 Å². The lowest BCUT2D eigenvalue weighted by Crippen LogP contribution is -2.15. The van der Waals surface area contributed by atoms with E-state index < -0.39 is 0 Å². The molecule has 0 unspecified atom stereocenters. The zero-order valence-corrected chi connectivity index (χ0v) is 13.4. The summed E-state index contributed by atoms with van der Waals surface area (Å²) in [5.74, 6) is 1.65. The van der Waals surface area contributed by atoms with Crippen molar-refractivity contribution in [2.24, 2.45) is 0 Å². The number of ether oxygens (including phenoxy) is 2. The van der Waals surface area contributed by atoms with Crippen molar-refractivity contribution in [2.75, 3.05) is 18.5 Å². The van der Waals surface area contributed by atoms with Gasteiger partial charge in [-0.05, 0) is 34.1 Å². The number of halogens is 2. The number of hydrogen-bond acceptors (Lipinski definition) is 4. The SMILES string of the molecule is Oc1ccc(Cl)cc1CNc1cc2c(cc1Br)OCCO2. The molecule has 0 spiro atoms. The van der Waals surface area contributed by atoms with Crippen molar-refractivity contribution in [2.45, 2.75) is 6.54 Å². The van der Waals surface area contributed by atoms with Crippen molar-refractivity contribution in [3.8, 4) is 17.2 Å². The van der Waals surface area contributed by atoms with Gasteiger partial charge in [-0.3, -0.25) is 0 Å². The number of rotatable bonds is 3. The maximum Gasteiger partial charge on any atom is 0.163 e. The van der Waals surface area contributed by atoms with Gasteiger partial charge in [0.15, 0.2) is 11.5 Å². The van der Waals surface area contributed by atoms with E-state index in [0.717, 1.165) is 21.5 Å². The maximum absolute atomic E-state index is 9.82. The molecule has 2 aromatic rings. The summed E-state index contributed by atoms with van der Waals surface area (Å²) < 4.78 is 11.9. The van der Waals surface area contributed by atoms with Crippen molar-refractivity contribution in [3.63, 3.8) is 0 Å². The van der Waals surface area contributed by atoms with Crippen molar-refractivity contribution in [1.82, 2.24) is 0 Å². The Morgan fingerprint density at radius 1 is 1.14 bits per heavy atom. The summed E-state index contributed by atoms with van der Waals surface area (Å²) in [6.45, 7) is 1.55. The second kappa shape index (κ2) is 6.03. The first-order chi connectivity index (χ1) is 10.1. The topological polar surface area (TPSA) is 50.7 Å². The molecule has 1 aliphatic rings. The van der Waals surface area contributed by atoms with Crippen LogP contribution < -0.4 is 14.8 Å². The molecule has 3 rings (SSSR count). The molecule has 1 heterocycles. The van der Waals surface area contributed by atoms with Crippen molar-refractivity contribution < 1.29 is 14.6 Å². The number of fused-ring (bicyclic) bond motifs is 1. The molecule has 0 saturated carbocycles. The van der Waals surface area contributed by atoms with Crippen LogP contribution in [0.3, 0.4) is 0 Å². The van der Waals surface area contributed by atoms with Crippen molar-refractivity contribution in [3.05, 3.63) is 45.4 Å². The van der Waals surface area contributed by atoms with Crippen molar-refractivity contribution in [1.29, 1.82) is 0 Å². The van der Waals surface area contributed by atoms with Gasteiger partial charge in [-0.2, -0.15) is 0 Å². The van der Waals surface area contributed by atoms with E-state index in [2.05, 4.69) is 21.2 Å². The Balaban J connectivity index is 1.80. The molecule has 0 fully saturated rings. The third kappa shape index (κ3) is 3.19. The van der Waals surface area contributed by atoms with Crippen LogP contribution in [0.25, 0.3) is 0 Å². The molecule has 0 aliphatic carbocycles. The van der Waals surface area contributed by atoms with Gasteiger partial charge in [-0.1, -0.05) is 11.6 Å². The number of phenolic OH excluding ortho intramolecular Hbond substituents is 1. The highest BCUT2D eigenvalue weighted by Gasteiger charge is 2.15. The average Bonchev–Trinajstić information content (AvgIpc) is 2.48. The standard InChI is InChI=1S/C15H13BrClNO3/c16-11-6-14-15(21-4-3-20-14)7-12(11)18-8-9-5-10(17)1-2-13(9)19/h1-2,5-7,18-19H,3-4,8H2.